The molecule has 1 fully saturated rings. The maximum Gasteiger partial charge on any atom is 0.115 e. The summed E-state index contributed by atoms with van der Waals surface area (Å²) in [5.74, 6) is 1.39. The molecule has 2 nitrogen and oxygen atoms in total. The highest BCUT2D eigenvalue weighted by Gasteiger charge is 2.39. The van der Waals surface area contributed by atoms with Gasteiger partial charge in [-0.05, 0) is 54.2 Å². The zero-order valence-corrected chi connectivity index (χ0v) is 14.5. The highest BCUT2D eigenvalue weighted by Crippen LogP contribution is 2.48. The van der Waals surface area contributed by atoms with Gasteiger partial charge >= 0.3 is 0 Å². The molecule has 128 valence electrons. The van der Waals surface area contributed by atoms with Crippen LogP contribution >= 0.6 is 0 Å². The molecule has 2 heteroatoms. The Bertz CT molecular complexity index is 597. The molecule has 0 radical (unpaired) electrons. The van der Waals surface area contributed by atoms with Gasteiger partial charge in [0, 0.05) is 5.41 Å². The van der Waals surface area contributed by atoms with E-state index in [0.717, 1.165) is 18.8 Å². The van der Waals surface area contributed by atoms with E-state index < -0.39 is 0 Å². The van der Waals surface area contributed by atoms with Crippen molar-refractivity contribution in [3.8, 4) is 11.5 Å². The fraction of sp³-hybridized carbons (Fsp3) is 0.455. The summed E-state index contributed by atoms with van der Waals surface area (Å²) in [6, 6.07) is 15.5. The SMILES string of the molecule is CCCCC1CCCC(c2ccc(O)cc2)(c2ccc(O)cc2)C1. The molecule has 0 heterocycles. The molecule has 2 N–H and O–H groups in total. The quantitative estimate of drug-likeness (QED) is 0.733. The Hall–Kier alpha value is -1.96. The monoisotopic (exact) mass is 324 g/mol. The second-order valence-corrected chi connectivity index (χ2v) is 7.28. The molecule has 0 aliphatic heterocycles. The average Bonchev–Trinajstić information content (AvgIpc) is 2.61. The number of unbranched alkanes of at least 4 members (excludes halogenated alkanes) is 1. The van der Waals surface area contributed by atoms with E-state index in [1.165, 1.54) is 43.2 Å². The molecular formula is C22H28O2. The topological polar surface area (TPSA) is 40.5 Å². The smallest absolute Gasteiger partial charge is 0.115 e. The van der Waals surface area contributed by atoms with Gasteiger partial charge in [0.15, 0.2) is 0 Å². The maximum absolute atomic E-state index is 9.68. The minimum atomic E-state index is -0.00193. The van der Waals surface area contributed by atoms with Crippen LogP contribution in [0.25, 0.3) is 0 Å². The summed E-state index contributed by atoms with van der Waals surface area (Å²) < 4.78 is 0. The van der Waals surface area contributed by atoms with Gasteiger partial charge in [0.1, 0.15) is 11.5 Å². The summed E-state index contributed by atoms with van der Waals surface area (Å²) >= 11 is 0. The normalized spacial score (nSPS) is 20.0. The van der Waals surface area contributed by atoms with Crippen molar-refractivity contribution in [2.24, 2.45) is 5.92 Å². The van der Waals surface area contributed by atoms with Crippen molar-refractivity contribution in [3.05, 3.63) is 59.7 Å². The summed E-state index contributed by atoms with van der Waals surface area (Å²) in [7, 11) is 0. The maximum atomic E-state index is 9.68. The molecule has 0 aromatic heterocycles. The zero-order chi connectivity index (χ0) is 17.0. The van der Waals surface area contributed by atoms with Crippen molar-refractivity contribution in [1.82, 2.24) is 0 Å². The van der Waals surface area contributed by atoms with Crippen molar-refractivity contribution >= 4 is 0 Å². The highest BCUT2D eigenvalue weighted by atomic mass is 16.3. The number of benzene rings is 2. The third-order valence-electron chi connectivity index (χ3n) is 5.66. The number of phenolic OH excluding ortho intramolecular Hbond substituents is 2. The van der Waals surface area contributed by atoms with Crippen LogP contribution in [-0.2, 0) is 5.41 Å². The predicted molar refractivity (Wildman–Crippen MR) is 98.5 cm³/mol. The molecule has 0 bridgehead atoms. The first kappa shape index (κ1) is 16.9. The van der Waals surface area contributed by atoms with Crippen LogP contribution < -0.4 is 0 Å². The lowest BCUT2D eigenvalue weighted by molar-refractivity contribution is 0.242. The van der Waals surface area contributed by atoms with Crippen molar-refractivity contribution in [2.45, 2.75) is 57.3 Å². The summed E-state index contributed by atoms with van der Waals surface area (Å²) in [6.45, 7) is 2.26. The first-order valence-corrected chi connectivity index (χ1v) is 9.23. The molecule has 3 rings (SSSR count). The first-order chi connectivity index (χ1) is 11.6. The van der Waals surface area contributed by atoms with Crippen molar-refractivity contribution in [2.75, 3.05) is 0 Å². The highest BCUT2D eigenvalue weighted by molar-refractivity contribution is 5.43. The number of phenols is 2. The fourth-order valence-corrected chi connectivity index (χ4v) is 4.38. The van der Waals surface area contributed by atoms with E-state index >= 15 is 0 Å². The van der Waals surface area contributed by atoms with Gasteiger partial charge in [-0.2, -0.15) is 0 Å². The lowest BCUT2D eigenvalue weighted by Crippen LogP contribution is -2.34. The van der Waals surface area contributed by atoms with E-state index in [1.807, 2.05) is 0 Å². The van der Waals surface area contributed by atoms with E-state index in [9.17, 15) is 10.2 Å². The van der Waals surface area contributed by atoms with Gasteiger partial charge in [-0.1, -0.05) is 63.3 Å². The van der Waals surface area contributed by atoms with Crippen LogP contribution in [0.3, 0.4) is 0 Å². The number of hydrogen-bond donors (Lipinski definition) is 2. The third-order valence-corrected chi connectivity index (χ3v) is 5.66. The third kappa shape index (κ3) is 3.43. The van der Waals surface area contributed by atoms with Gasteiger partial charge in [-0.15, -0.1) is 0 Å². The second kappa shape index (κ2) is 7.29. The molecule has 1 aliphatic carbocycles. The molecule has 1 atom stereocenters. The van der Waals surface area contributed by atoms with Crippen molar-refractivity contribution in [3.63, 3.8) is 0 Å². The van der Waals surface area contributed by atoms with Crippen LogP contribution in [0.1, 0.15) is 63.0 Å². The minimum Gasteiger partial charge on any atom is -0.508 e. The Morgan fingerprint density at radius 1 is 0.917 bits per heavy atom. The van der Waals surface area contributed by atoms with E-state index in [2.05, 4.69) is 31.2 Å². The Labute approximate surface area is 145 Å². The first-order valence-electron chi connectivity index (χ1n) is 9.23. The zero-order valence-electron chi connectivity index (χ0n) is 14.5. The standard InChI is InChI=1S/C22H28O2/c1-2-3-5-17-6-4-15-22(16-17,18-7-11-20(23)12-8-18)19-9-13-21(24)14-10-19/h7-14,17,23-24H,2-6,15-16H2,1H3. The van der Waals surface area contributed by atoms with E-state index in [-0.39, 0.29) is 5.41 Å². The van der Waals surface area contributed by atoms with Crippen molar-refractivity contribution < 1.29 is 10.2 Å². The molecule has 2 aromatic carbocycles. The van der Waals surface area contributed by atoms with E-state index in [1.54, 1.807) is 24.3 Å². The van der Waals surface area contributed by atoms with E-state index in [0.29, 0.717) is 11.5 Å². The van der Waals surface area contributed by atoms with Crippen molar-refractivity contribution in [1.29, 1.82) is 0 Å². The molecule has 0 saturated heterocycles. The van der Waals surface area contributed by atoms with Gasteiger partial charge in [0.2, 0.25) is 0 Å². The summed E-state index contributed by atoms with van der Waals surface area (Å²) in [5, 5.41) is 19.4. The van der Waals surface area contributed by atoms with Crippen LogP contribution in [0.15, 0.2) is 48.5 Å². The molecule has 2 aromatic rings. The summed E-state index contributed by atoms with van der Waals surface area (Å²) in [5.41, 5.74) is 2.57. The van der Waals surface area contributed by atoms with Crippen LogP contribution in [0.4, 0.5) is 0 Å². The average molecular weight is 324 g/mol. The molecule has 1 aliphatic rings. The Balaban J connectivity index is 2.00. The second-order valence-electron chi connectivity index (χ2n) is 7.28. The molecular weight excluding hydrogens is 296 g/mol. The summed E-state index contributed by atoms with van der Waals surface area (Å²) in [4.78, 5) is 0. The molecule has 0 spiro atoms. The Kier molecular flexibility index (Phi) is 5.13. The number of hydrogen-bond acceptors (Lipinski definition) is 2. The largest absolute Gasteiger partial charge is 0.508 e. The molecule has 1 saturated carbocycles. The van der Waals surface area contributed by atoms with Crippen LogP contribution in [-0.4, -0.2) is 10.2 Å². The molecule has 24 heavy (non-hydrogen) atoms. The van der Waals surface area contributed by atoms with Crippen LogP contribution in [0, 0.1) is 5.92 Å². The number of rotatable bonds is 5. The predicted octanol–water partition coefficient (Wildman–Crippen LogP) is 5.76. The van der Waals surface area contributed by atoms with Gasteiger partial charge in [-0.3, -0.25) is 0 Å². The lowest BCUT2D eigenvalue weighted by atomic mass is 9.61. The lowest BCUT2D eigenvalue weighted by Gasteiger charge is -2.42. The molecule has 0 amide bonds. The molecule has 1 unspecified atom stereocenters. The van der Waals surface area contributed by atoms with Crippen LogP contribution in [0.2, 0.25) is 0 Å². The van der Waals surface area contributed by atoms with E-state index in [4.69, 9.17) is 0 Å². The van der Waals surface area contributed by atoms with Crippen LogP contribution in [0.5, 0.6) is 11.5 Å². The number of aromatic hydroxyl groups is 2. The minimum absolute atomic E-state index is 0.00193. The van der Waals surface area contributed by atoms with Gasteiger partial charge in [0.25, 0.3) is 0 Å². The van der Waals surface area contributed by atoms with Gasteiger partial charge in [-0.25, -0.2) is 0 Å². The fourth-order valence-electron chi connectivity index (χ4n) is 4.38. The van der Waals surface area contributed by atoms with Gasteiger partial charge < -0.3 is 10.2 Å². The van der Waals surface area contributed by atoms with Gasteiger partial charge in [0.05, 0.1) is 0 Å². The Morgan fingerprint density at radius 2 is 1.46 bits per heavy atom. The summed E-state index contributed by atoms with van der Waals surface area (Å²) in [6.07, 6.45) is 8.68. The Morgan fingerprint density at radius 3 is 1.96 bits per heavy atom.